The van der Waals surface area contributed by atoms with E-state index in [4.69, 9.17) is 9.26 Å². The molecule has 0 aliphatic carbocycles. The van der Waals surface area contributed by atoms with Crippen molar-refractivity contribution in [3.63, 3.8) is 0 Å². The van der Waals surface area contributed by atoms with Gasteiger partial charge in [0.25, 0.3) is 0 Å². The van der Waals surface area contributed by atoms with Crippen molar-refractivity contribution in [1.82, 2.24) is 14.4 Å². The van der Waals surface area contributed by atoms with Gasteiger partial charge >= 0.3 is 0 Å². The highest BCUT2D eigenvalue weighted by Gasteiger charge is 2.34. The van der Waals surface area contributed by atoms with E-state index < -0.39 is 16.1 Å². The number of halogens is 1. The number of hydrogen-bond donors (Lipinski definition) is 0. The predicted octanol–water partition coefficient (Wildman–Crippen LogP) is 2.32. The van der Waals surface area contributed by atoms with Gasteiger partial charge in [0.05, 0.1) is 12.9 Å². The molecule has 1 aromatic carbocycles. The smallest absolute Gasteiger partial charge is 0.245 e. The average molecular weight is 369 g/mol. The third-order valence-electron chi connectivity index (χ3n) is 4.06. The van der Waals surface area contributed by atoms with Crippen molar-refractivity contribution in [1.29, 1.82) is 0 Å². The van der Waals surface area contributed by atoms with Gasteiger partial charge in [0.1, 0.15) is 17.6 Å². The van der Waals surface area contributed by atoms with Gasteiger partial charge in [-0.1, -0.05) is 11.6 Å². The Bertz CT molecular complexity index is 807. The normalized spacial score (nSPS) is 19.0. The molecule has 136 valence electrons. The number of hydrogen-bond acceptors (Lipinski definition) is 6. The second-order valence-electron chi connectivity index (χ2n) is 5.99. The lowest BCUT2D eigenvalue weighted by molar-refractivity contribution is 0.205. The van der Waals surface area contributed by atoms with Gasteiger partial charge in [-0.2, -0.15) is 9.29 Å². The number of aromatic nitrogens is 2. The first kappa shape index (κ1) is 17.8. The molecule has 0 bridgehead atoms. The summed E-state index contributed by atoms with van der Waals surface area (Å²) in [6.45, 7) is 0.778. The van der Waals surface area contributed by atoms with E-state index in [1.165, 1.54) is 22.7 Å². The monoisotopic (exact) mass is 369 g/mol. The van der Waals surface area contributed by atoms with Crippen LogP contribution in [0.25, 0.3) is 0 Å². The van der Waals surface area contributed by atoms with E-state index in [0.717, 1.165) is 12.8 Å². The van der Waals surface area contributed by atoms with Gasteiger partial charge in [-0.3, -0.25) is 0 Å². The maximum absolute atomic E-state index is 12.8. The van der Waals surface area contributed by atoms with Crippen molar-refractivity contribution in [2.45, 2.75) is 31.7 Å². The van der Waals surface area contributed by atoms with Crippen LogP contribution in [0.4, 0.5) is 4.39 Å². The fourth-order valence-corrected chi connectivity index (χ4v) is 3.96. The molecule has 1 aliphatic rings. The van der Waals surface area contributed by atoms with Crippen LogP contribution >= 0.6 is 0 Å². The van der Waals surface area contributed by atoms with Crippen LogP contribution in [0, 0.1) is 5.82 Å². The Labute approximate surface area is 145 Å². The summed E-state index contributed by atoms with van der Waals surface area (Å²) >= 11 is 0. The fraction of sp³-hybridized carbons (Fsp3) is 0.500. The molecular weight excluding hydrogens is 349 g/mol. The topological polar surface area (TPSA) is 85.5 Å². The van der Waals surface area contributed by atoms with Crippen molar-refractivity contribution in [2.24, 2.45) is 0 Å². The van der Waals surface area contributed by atoms with Gasteiger partial charge < -0.3 is 9.26 Å². The third kappa shape index (κ3) is 4.55. The minimum Gasteiger partial charge on any atom is -0.493 e. The molecule has 2 aromatic rings. The van der Waals surface area contributed by atoms with Crippen molar-refractivity contribution in [3.8, 4) is 5.75 Å². The fourth-order valence-electron chi connectivity index (χ4n) is 2.84. The van der Waals surface area contributed by atoms with Crippen LogP contribution in [0.2, 0.25) is 0 Å². The molecule has 0 radical (unpaired) electrons. The Morgan fingerprint density at radius 3 is 2.80 bits per heavy atom. The minimum atomic E-state index is -3.32. The van der Waals surface area contributed by atoms with E-state index in [2.05, 4.69) is 10.1 Å². The van der Waals surface area contributed by atoms with Gasteiger partial charge in [-0.25, -0.2) is 12.8 Å². The summed E-state index contributed by atoms with van der Waals surface area (Å²) in [4.78, 5) is 4.32. The predicted molar refractivity (Wildman–Crippen MR) is 88.0 cm³/mol. The number of benzene rings is 1. The molecule has 1 aliphatic heterocycles. The molecule has 1 atom stereocenters. The number of nitrogens with zero attached hydrogens (tertiary/aromatic N) is 3. The summed E-state index contributed by atoms with van der Waals surface area (Å²) in [7, 11) is -3.32. The van der Waals surface area contributed by atoms with Crippen LogP contribution in [0.1, 0.15) is 37.0 Å². The van der Waals surface area contributed by atoms with E-state index in [9.17, 15) is 12.8 Å². The highest BCUT2D eigenvalue weighted by atomic mass is 32.2. The maximum atomic E-state index is 12.8. The highest BCUT2D eigenvalue weighted by molar-refractivity contribution is 7.88. The molecule has 1 fully saturated rings. The lowest BCUT2D eigenvalue weighted by Crippen LogP contribution is -2.37. The van der Waals surface area contributed by atoms with E-state index in [-0.39, 0.29) is 5.82 Å². The summed E-state index contributed by atoms with van der Waals surface area (Å²) in [5.41, 5.74) is 0. The Kier molecular flexibility index (Phi) is 5.33. The molecule has 2 heterocycles. The van der Waals surface area contributed by atoms with Crippen LogP contribution in [-0.4, -0.2) is 42.3 Å². The van der Waals surface area contributed by atoms with Gasteiger partial charge in [-0.05, 0) is 37.1 Å². The van der Waals surface area contributed by atoms with Crippen molar-refractivity contribution in [2.75, 3.05) is 19.4 Å². The lowest BCUT2D eigenvalue weighted by atomic mass is 10.1. The van der Waals surface area contributed by atoms with Crippen molar-refractivity contribution >= 4 is 10.0 Å². The van der Waals surface area contributed by atoms with Gasteiger partial charge in [0.15, 0.2) is 5.82 Å². The molecule has 3 rings (SSSR count). The highest BCUT2D eigenvalue weighted by Crippen LogP contribution is 2.31. The molecule has 0 N–H and O–H groups in total. The SMILES string of the molecule is CS(=O)(=O)N1CCCCC1c1nc(CCOc2ccc(F)cc2)no1. The van der Waals surface area contributed by atoms with E-state index >= 15 is 0 Å². The van der Waals surface area contributed by atoms with Gasteiger partial charge in [0, 0.05) is 13.0 Å². The molecule has 1 saturated heterocycles. The lowest BCUT2D eigenvalue weighted by Gasteiger charge is -2.30. The minimum absolute atomic E-state index is 0.311. The van der Waals surface area contributed by atoms with Crippen molar-refractivity contribution < 1.29 is 22.1 Å². The number of sulfonamides is 1. The quantitative estimate of drug-likeness (QED) is 0.777. The first-order valence-corrected chi connectivity index (χ1v) is 9.96. The summed E-state index contributed by atoms with van der Waals surface area (Å²) in [5.74, 6) is 1.01. The third-order valence-corrected chi connectivity index (χ3v) is 5.35. The number of ether oxygens (including phenoxy) is 1. The maximum Gasteiger partial charge on any atom is 0.245 e. The molecular formula is C16H20FN3O4S. The molecule has 9 heteroatoms. The van der Waals surface area contributed by atoms with Crippen LogP contribution in [0.15, 0.2) is 28.8 Å². The first-order chi connectivity index (χ1) is 11.9. The zero-order chi connectivity index (χ0) is 17.9. The molecule has 0 spiro atoms. The summed E-state index contributed by atoms with van der Waals surface area (Å²) in [5, 5.41) is 3.91. The first-order valence-electron chi connectivity index (χ1n) is 8.11. The van der Waals surface area contributed by atoms with Crippen LogP contribution in [-0.2, 0) is 16.4 Å². The Balaban J connectivity index is 1.60. The Hall–Kier alpha value is -2.00. The van der Waals surface area contributed by atoms with Crippen LogP contribution < -0.4 is 4.74 Å². The zero-order valence-corrected chi connectivity index (χ0v) is 14.7. The largest absolute Gasteiger partial charge is 0.493 e. The van der Waals surface area contributed by atoms with Crippen molar-refractivity contribution in [3.05, 3.63) is 41.8 Å². The Morgan fingerprint density at radius 2 is 2.08 bits per heavy atom. The zero-order valence-electron chi connectivity index (χ0n) is 13.9. The van der Waals surface area contributed by atoms with Crippen LogP contribution in [0.3, 0.4) is 0 Å². The van der Waals surface area contributed by atoms with E-state index in [0.29, 0.717) is 43.5 Å². The van der Waals surface area contributed by atoms with Gasteiger partial charge in [0.2, 0.25) is 15.9 Å². The molecule has 1 unspecified atom stereocenters. The number of piperidine rings is 1. The second-order valence-corrected chi connectivity index (χ2v) is 7.92. The average Bonchev–Trinajstić information content (AvgIpc) is 3.05. The molecule has 7 nitrogen and oxygen atoms in total. The van der Waals surface area contributed by atoms with Gasteiger partial charge in [-0.15, -0.1) is 0 Å². The molecule has 0 saturated carbocycles. The second kappa shape index (κ2) is 7.49. The summed E-state index contributed by atoms with van der Waals surface area (Å²) in [6, 6.07) is 5.34. The molecule has 1 aromatic heterocycles. The van der Waals surface area contributed by atoms with E-state index in [1.807, 2.05) is 0 Å². The Morgan fingerprint density at radius 1 is 1.32 bits per heavy atom. The number of rotatable bonds is 6. The van der Waals surface area contributed by atoms with E-state index in [1.54, 1.807) is 12.1 Å². The standard InChI is InChI=1S/C16H20FN3O4S/c1-25(21,22)20-10-3-2-4-14(20)16-18-15(19-24-16)9-11-23-13-7-5-12(17)6-8-13/h5-8,14H,2-4,9-11H2,1H3. The summed E-state index contributed by atoms with van der Waals surface area (Å²) in [6.07, 6.45) is 4.02. The van der Waals surface area contributed by atoms with Crippen LogP contribution in [0.5, 0.6) is 5.75 Å². The molecule has 25 heavy (non-hydrogen) atoms. The molecule has 0 amide bonds. The summed E-state index contributed by atoms with van der Waals surface area (Å²) < 4.78 is 48.9.